The highest BCUT2D eigenvalue weighted by molar-refractivity contribution is 5.69. The predicted octanol–water partition coefficient (Wildman–Crippen LogP) is 0.599. The molecule has 0 aliphatic rings. The van der Waals surface area contributed by atoms with Crippen molar-refractivity contribution < 1.29 is 14.3 Å². The molecule has 4 nitrogen and oxygen atoms in total. The molecular formula is C6H8NO3. The molecule has 0 aliphatic heterocycles. The number of hydrogen-bond donors (Lipinski definition) is 0. The van der Waals surface area contributed by atoms with Crippen LogP contribution in [0.1, 0.15) is 13.3 Å². The van der Waals surface area contributed by atoms with Gasteiger partial charge in [-0.05, 0) is 0 Å². The molecule has 0 atom stereocenters. The maximum Gasteiger partial charge on any atom is 0.308 e. The largest absolute Gasteiger partial charge is 0.429 e. The zero-order valence-corrected chi connectivity index (χ0v) is 5.66. The van der Waals surface area contributed by atoms with E-state index in [1.807, 2.05) is 0 Å². The molecule has 0 N–H and O–H groups in total. The Morgan fingerprint density at radius 2 is 2.50 bits per heavy atom. The first kappa shape index (κ1) is 8.92. The van der Waals surface area contributed by atoms with E-state index >= 15 is 0 Å². The molecule has 0 spiro atoms. The van der Waals surface area contributed by atoms with Crippen molar-refractivity contribution in [2.45, 2.75) is 13.3 Å². The summed E-state index contributed by atoms with van der Waals surface area (Å²) in [6, 6.07) is 1.71. The Balaban J connectivity index is 3.05. The van der Waals surface area contributed by atoms with Gasteiger partial charge in [0.25, 0.3) is 6.79 Å². The van der Waals surface area contributed by atoms with Crippen LogP contribution in [0, 0.1) is 18.1 Å². The van der Waals surface area contributed by atoms with Crippen molar-refractivity contribution >= 4 is 5.97 Å². The van der Waals surface area contributed by atoms with Gasteiger partial charge in [0.1, 0.15) is 6.61 Å². The number of carbonyl (C=O) groups is 1. The normalized spacial score (nSPS) is 8.40. The fourth-order valence-corrected chi connectivity index (χ4v) is 0.242. The summed E-state index contributed by atoms with van der Waals surface area (Å²) in [6.45, 7) is 2.44. The van der Waals surface area contributed by atoms with E-state index in [0.29, 0.717) is 6.42 Å². The van der Waals surface area contributed by atoms with Crippen LogP contribution in [0.4, 0.5) is 0 Å². The lowest BCUT2D eigenvalue weighted by atomic mass is 10.5. The molecule has 0 saturated carbocycles. The molecule has 0 fully saturated rings. The van der Waals surface area contributed by atoms with Crippen molar-refractivity contribution in [3.05, 3.63) is 6.79 Å². The zero-order chi connectivity index (χ0) is 7.82. The second-order valence-electron chi connectivity index (χ2n) is 1.41. The number of ether oxygens (including phenoxy) is 2. The molecule has 10 heavy (non-hydrogen) atoms. The Morgan fingerprint density at radius 1 is 1.80 bits per heavy atom. The smallest absolute Gasteiger partial charge is 0.308 e. The summed E-state index contributed by atoms with van der Waals surface area (Å²) in [5.74, 6) is -0.377. The molecular weight excluding hydrogens is 134 g/mol. The highest BCUT2D eigenvalue weighted by Crippen LogP contribution is 1.88. The van der Waals surface area contributed by atoms with Gasteiger partial charge in [-0.1, -0.05) is 6.92 Å². The van der Waals surface area contributed by atoms with Gasteiger partial charge in [0.2, 0.25) is 0 Å². The van der Waals surface area contributed by atoms with Gasteiger partial charge in [-0.2, -0.15) is 5.26 Å². The number of rotatable bonds is 4. The summed E-state index contributed by atoms with van der Waals surface area (Å²) < 4.78 is 8.78. The summed E-state index contributed by atoms with van der Waals surface area (Å²) in [5.41, 5.74) is 0. The third-order valence-corrected chi connectivity index (χ3v) is 0.684. The molecule has 0 aromatic heterocycles. The summed E-state index contributed by atoms with van der Waals surface area (Å²) in [4.78, 5) is 10.4. The minimum absolute atomic E-state index is 0.100. The van der Waals surface area contributed by atoms with E-state index in [4.69, 9.17) is 5.26 Å². The fourth-order valence-electron chi connectivity index (χ4n) is 0.242. The van der Waals surface area contributed by atoms with Gasteiger partial charge in [-0.15, -0.1) is 0 Å². The molecule has 0 bridgehead atoms. The van der Waals surface area contributed by atoms with Gasteiger partial charge >= 0.3 is 5.97 Å². The lowest BCUT2D eigenvalue weighted by Crippen LogP contribution is -2.01. The summed E-state index contributed by atoms with van der Waals surface area (Å²) in [6.07, 6.45) is 0.298. The van der Waals surface area contributed by atoms with Gasteiger partial charge in [0, 0.05) is 6.42 Å². The highest BCUT2D eigenvalue weighted by atomic mass is 16.7. The van der Waals surface area contributed by atoms with Crippen LogP contribution in [0.3, 0.4) is 0 Å². The molecule has 0 rings (SSSR count). The van der Waals surface area contributed by atoms with E-state index in [0.717, 1.165) is 6.79 Å². The van der Waals surface area contributed by atoms with Crippen molar-refractivity contribution in [2.75, 3.05) is 6.61 Å². The molecule has 4 heteroatoms. The molecule has 0 heterocycles. The van der Waals surface area contributed by atoms with Gasteiger partial charge in [0.05, 0.1) is 6.07 Å². The van der Waals surface area contributed by atoms with Crippen LogP contribution in [-0.2, 0) is 14.3 Å². The van der Waals surface area contributed by atoms with E-state index in [9.17, 15) is 4.79 Å². The van der Waals surface area contributed by atoms with Crippen molar-refractivity contribution in [3.63, 3.8) is 0 Å². The Kier molecular flexibility index (Phi) is 5.39. The Labute approximate surface area is 59.3 Å². The quantitative estimate of drug-likeness (QED) is 0.426. The second-order valence-corrected chi connectivity index (χ2v) is 1.41. The van der Waals surface area contributed by atoms with Crippen LogP contribution in [0.5, 0.6) is 0 Å². The van der Waals surface area contributed by atoms with E-state index in [1.54, 1.807) is 13.0 Å². The minimum Gasteiger partial charge on any atom is -0.429 e. The van der Waals surface area contributed by atoms with Crippen molar-refractivity contribution in [1.29, 1.82) is 5.26 Å². The molecule has 0 aliphatic carbocycles. The van der Waals surface area contributed by atoms with E-state index in [2.05, 4.69) is 9.47 Å². The molecule has 0 saturated heterocycles. The van der Waals surface area contributed by atoms with E-state index in [1.165, 1.54) is 0 Å². The summed E-state index contributed by atoms with van der Waals surface area (Å²) in [7, 11) is 0. The second kappa shape index (κ2) is 6.05. The van der Waals surface area contributed by atoms with Crippen LogP contribution >= 0.6 is 0 Å². The van der Waals surface area contributed by atoms with Gasteiger partial charge < -0.3 is 9.47 Å². The van der Waals surface area contributed by atoms with Crippen molar-refractivity contribution in [2.24, 2.45) is 0 Å². The summed E-state index contributed by atoms with van der Waals surface area (Å²) in [5, 5.41) is 7.95. The molecule has 1 radical (unpaired) electrons. The SMILES string of the molecule is CCC(=O)O[CH]OCC#N. The van der Waals surface area contributed by atoms with Crippen LogP contribution in [0.25, 0.3) is 0 Å². The first-order chi connectivity index (χ1) is 4.81. The monoisotopic (exact) mass is 142 g/mol. The predicted molar refractivity (Wildman–Crippen MR) is 32.2 cm³/mol. The number of carbonyl (C=O) groups excluding carboxylic acids is 1. The van der Waals surface area contributed by atoms with Crippen molar-refractivity contribution in [1.82, 2.24) is 0 Å². The zero-order valence-electron chi connectivity index (χ0n) is 5.66. The number of nitrogens with zero attached hydrogens (tertiary/aromatic N) is 1. The minimum atomic E-state index is -0.377. The van der Waals surface area contributed by atoms with Crippen LogP contribution in [0.15, 0.2) is 0 Å². The average Bonchev–Trinajstić information content (AvgIpc) is 1.98. The maximum absolute atomic E-state index is 10.4. The van der Waals surface area contributed by atoms with Gasteiger partial charge in [-0.25, -0.2) is 0 Å². The third-order valence-electron chi connectivity index (χ3n) is 0.684. The van der Waals surface area contributed by atoms with Gasteiger partial charge in [0.15, 0.2) is 0 Å². The first-order valence-electron chi connectivity index (χ1n) is 2.81. The molecule has 55 valence electrons. The maximum atomic E-state index is 10.4. The van der Waals surface area contributed by atoms with Crippen LogP contribution < -0.4 is 0 Å². The fraction of sp³-hybridized carbons (Fsp3) is 0.500. The molecule has 0 amide bonds. The number of nitriles is 1. The lowest BCUT2D eigenvalue weighted by molar-refractivity contribution is -0.145. The third kappa shape index (κ3) is 5.06. The Hall–Kier alpha value is -1.08. The molecule has 0 aromatic rings. The average molecular weight is 142 g/mol. The van der Waals surface area contributed by atoms with Crippen molar-refractivity contribution in [3.8, 4) is 6.07 Å². The summed E-state index contributed by atoms with van der Waals surface area (Å²) >= 11 is 0. The Bertz CT molecular complexity index is 138. The topological polar surface area (TPSA) is 59.3 Å². The van der Waals surface area contributed by atoms with E-state index < -0.39 is 0 Å². The van der Waals surface area contributed by atoms with Crippen LogP contribution in [0.2, 0.25) is 0 Å². The lowest BCUT2D eigenvalue weighted by Gasteiger charge is -1.97. The standard InChI is InChI=1S/C6H8NO3/c1-2-6(8)10-5-9-4-3-7/h5H,2,4H2,1H3. The van der Waals surface area contributed by atoms with Gasteiger partial charge in [-0.3, -0.25) is 4.79 Å². The van der Waals surface area contributed by atoms with E-state index in [-0.39, 0.29) is 12.6 Å². The Morgan fingerprint density at radius 3 is 3.00 bits per heavy atom. The molecule has 0 aromatic carbocycles. The number of esters is 1. The first-order valence-corrected chi connectivity index (χ1v) is 2.81. The number of hydrogen-bond acceptors (Lipinski definition) is 4. The van der Waals surface area contributed by atoms with Crippen LogP contribution in [-0.4, -0.2) is 12.6 Å². The molecule has 0 unspecified atom stereocenters. The highest BCUT2D eigenvalue weighted by Gasteiger charge is 1.96.